The van der Waals surface area contributed by atoms with Crippen molar-refractivity contribution in [3.63, 3.8) is 0 Å². The number of para-hydroxylation sites is 1. The van der Waals surface area contributed by atoms with E-state index in [2.05, 4.69) is 6.07 Å². The zero-order valence-corrected chi connectivity index (χ0v) is 13.5. The van der Waals surface area contributed by atoms with E-state index < -0.39 is 10.1 Å². The Morgan fingerprint density at radius 1 is 0.913 bits per heavy atom. The van der Waals surface area contributed by atoms with Crippen LogP contribution in [0.2, 0.25) is 0 Å². The fourth-order valence-corrected chi connectivity index (χ4v) is 4.28. The quantitative estimate of drug-likeness (QED) is 0.671. The molecule has 0 radical (unpaired) electrons. The van der Waals surface area contributed by atoms with Crippen LogP contribution in [0.25, 0.3) is 10.4 Å². The SMILES string of the molecule is N#Cc1ccccc1-c1ccc(S(=O)(=O)Oc2ccccc2)s1. The molecule has 0 N–H and O–H groups in total. The van der Waals surface area contributed by atoms with Crippen LogP contribution in [0.4, 0.5) is 0 Å². The number of thiophene rings is 1. The molecule has 114 valence electrons. The van der Waals surface area contributed by atoms with Gasteiger partial charge in [-0.2, -0.15) is 13.7 Å². The second kappa shape index (κ2) is 6.24. The molecule has 0 aliphatic rings. The highest BCUT2D eigenvalue weighted by molar-refractivity contribution is 7.89. The van der Waals surface area contributed by atoms with E-state index in [9.17, 15) is 8.42 Å². The van der Waals surface area contributed by atoms with E-state index in [0.717, 1.165) is 11.3 Å². The Morgan fingerprint density at radius 2 is 1.61 bits per heavy atom. The lowest BCUT2D eigenvalue weighted by Gasteiger charge is -2.04. The zero-order valence-electron chi connectivity index (χ0n) is 11.8. The van der Waals surface area contributed by atoms with Crippen molar-refractivity contribution in [2.24, 2.45) is 0 Å². The first-order valence-corrected chi connectivity index (χ1v) is 8.91. The van der Waals surface area contributed by atoms with Crippen LogP contribution in [0.15, 0.2) is 70.9 Å². The van der Waals surface area contributed by atoms with E-state index in [1.807, 2.05) is 6.07 Å². The zero-order chi connectivity index (χ0) is 16.3. The molecule has 0 spiro atoms. The van der Waals surface area contributed by atoms with Gasteiger partial charge in [-0.3, -0.25) is 0 Å². The Morgan fingerprint density at radius 3 is 2.35 bits per heavy atom. The van der Waals surface area contributed by atoms with E-state index in [0.29, 0.717) is 16.0 Å². The van der Waals surface area contributed by atoms with Gasteiger partial charge >= 0.3 is 10.1 Å². The minimum absolute atomic E-state index is 0.101. The summed E-state index contributed by atoms with van der Waals surface area (Å²) in [5.74, 6) is 0.264. The van der Waals surface area contributed by atoms with Gasteiger partial charge in [-0.15, -0.1) is 11.3 Å². The molecule has 0 atom stereocenters. The molecule has 6 heteroatoms. The van der Waals surface area contributed by atoms with E-state index in [4.69, 9.17) is 9.44 Å². The predicted molar refractivity (Wildman–Crippen MR) is 88.7 cm³/mol. The highest BCUT2D eigenvalue weighted by Gasteiger charge is 2.20. The van der Waals surface area contributed by atoms with E-state index >= 15 is 0 Å². The van der Waals surface area contributed by atoms with Gasteiger partial charge in [0, 0.05) is 10.4 Å². The average molecular weight is 341 g/mol. The van der Waals surface area contributed by atoms with Crippen molar-refractivity contribution in [3.05, 3.63) is 72.3 Å². The van der Waals surface area contributed by atoms with Gasteiger partial charge < -0.3 is 4.18 Å². The van der Waals surface area contributed by atoms with Gasteiger partial charge in [0.15, 0.2) is 4.21 Å². The van der Waals surface area contributed by atoms with Crippen molar-refractivity contribution in [3.8, 4) is 22.3 Å². The van der Waals surface area contributed by atoms with E-state index in [1.54, 1.807) is 54.6 Å². The van der Waals surface area contributed by atoms with E-state index in [-0.39, 0.29) is 9.96 Å². The maximum atomic E-state index is 12.3. The summed E-state index contributed by atoms with van der Waals surface area (Å²) >= 11 is 1.08. The lowest BCUT2D eigenvalue weighted by Crippen LogP contribution is -2.07. The number of benzene rings is 2. The van der Waals surface area contributed by atoms with E-state index in [1.165, 1.54) is 6.07 Å². The van der Waals surface area contributed by atoms with Crippen LogP contribution in [0, 0.1) is 11.3 Å². The van der Waals surface area contributed by atoms with Crippen LogP contribution >= 0.6 is 11.3 Å². The normalized spacial score (nSPS) is 10.9. The molecule has 3 rings (SSSR count). The second-order valence-electron chi connectivity index (χ2n) is 4.63. The molecule has 0 bridgehead atoms. The third kappa shape index (κ3) is 3.26. The molecule has 0 amide bonds. The van der Waals surface area contributed by atoms with Gasteiger partial charge in [0.1, 0.15) is 5.75 Å². The van der Waals surface area contributed by atoms with Crippen LogP contribution in [0.5, 0.6) is 5.75 Å². The Balaban J connectivity index is 1.94. The molecule has 1 aromatic heterocycles. The van der Waals surface area contributed by atoms with Crippen LogP contribution in [-0.4, -0.2) is 8.42 Å². The Kier molecular flexibility index (Phi) is 4.15. The van der Waals surface area contributed by atoms with Gasteiger partial charge in [-0.05, 0) is 30.3 Å². The molecule has 4 nitrogen and oxygen atoms in total. The number of hydrogen-bond acceptors (Lipinski definition) is 5. The molecule has 0 saturated heterocycles. The molecule has 0 saturated carbocycles. The summed E-state index contributed by atoms with van der Waals surface area (Å²) in [6.45, 7) is 0. The Bertz CT molecular complexity index is 970. The predicted octanol–water partition coefficient (Wildman–Crippen LogP) is 4.05. The van der Waals surface area contributed by atoms with Gasteiger partial charge in [-0.25, -0.2) is 0 Å². The number of nitriles is 1. The third-order valence-corrected chi connectivity index (χ3v) is 5.91. The minimum atomic E-state index is -3.88. The first-order chi connectivity index (χ1) is 11.1. The molecule has 2 aromatic carbocycles. The van der Waals surface area contributed by atoms with Crippen molar-refractivity contribution >= 4 is 21.5 Å². The van der Waals surface area contributed by atoms with Gasteiger partial charge in [0.25, 0.3) is 0 Å². The molecule has 0 fully saturated rings. The second-order valence-corrected chi connectivity index (χ2v) is 7.48. The lowest BCUT2D eigenvalue weighted by atomic mass is 10.1. The number of rotatable bonds is 4. The summed E-state index contributed by atoms with van der Waals surface area (Å²) in [4.78, 5) is 0.706. The smallest absolute Gasteiger partial charge is 0.348 e. The van der Waals surface area contributed by atoms with Crippen molar-refractivity contribution < 1.29 is 12.6 Å². The summed E-state index contributed by atoms with van der Waals surface area (Å²) < 4.78 is 29.9. The topological polar surface area (TPSA) is 67.2 Å². The first-order valence-electron chi connectivity index (χ1n) is 6.69. The van der Waals surface area contributed by atoms with Crippen LogP contribution < -0.4 is 4.18 Å². The lowest BCUT2D eigenvalue weighted by molar-refractivity contribution is 0.488. The standard InChI is InChI=1S/C17H11NO3S2/c18-12-13-6-4-5-9-15(13)16-10-11-17(22-16)23(19,20)21-14-7-2-1-3-8-14/h1-11H. The van der Waals surface area contributed by atoms with Crippen LogP contribution in [-0.2, 0) is 10.1 Å². The Hall–Kier alpha value is -2.62. The maximum Gasteiger partial charge on any atom is 0.348 e. The highest BCUT2D eigenvalue weighted by Crippen LogP contribution is 2.33. The van der Waals surface area contributed by atoms with Crippen molar-refractivity contribution in [2.75, 3.05) is 0 Å². The molecule has 0 aliphatic heterocycles. The van der Waals surface area contributed by atoms with Crippen molar-refractivity contribution in [1.29, 1.82) is 5.26 Å². The Labute approximate surface area is 138 Å². The molecule has 0 aliphatic carbocycles. The number of hydrogen-bond donors (Lipinski definition) is 0. The first kappa shape index (κ1) is 15.3. The highest BCUT2D eigenvalue weighted by atomic mass is 32.3. The maximum absolute atomic E-state index is 12.3. The van der Waals surface area contributed by atoms with Crippen LogP contribution in [0.1, 0.15) is 5.56 Å². The average Bonchev–Trinajstić information content (AvgIpc) is 3.06. The number of nitrogens with zero attached hydrogens (tertiary/aromatic N) is 1. The van der Waals surface area contributed by atoms with Crippen molar-refractivity contribution in [2.45, 2.75) is 4.21 Å². The summed E-state index contributed by atoms with van der Waals surface area (Å²) in [6.07, 6.45) is 0. The fraction of sp³-hybridized carbons (Fsp3) is 0. The van der Waals surface area contributed by atoms with Gasteiger partial charge in [-0.1, -0.05) is 36.4 Å². The monoisotopic (exact) mass is 341 g/mol. The van der Waals surface area contributed by atoms with Gasteiger partial charge in [0.05, 0.1) is 11.6 Å². The van der Waals surface area contributed by atoms with Crippen LogP contribution in [0.3, 0.4) is 0 Å². The molecule has 1 heterocycles. The summed E-state index contributed by atoms with van der Waals surface area (Å²) in [5, 5.41) is 9.15. The summed E-state index contributed by atoms with van der Waals surface area (Å²) in [5.41, 5.74) is 1.21. The largest absolute Gasteiger partial charge is 0.378 e. The molecular weight excluding hydrogens is 330 g/mol. The summed E-state index contributed by atoms with van der Waals surface area (Å²) in [6, 6.07) is 20.7. The molecule has 3 aromatic rings. The molecular formula is C17H11NO3S2. The summed E-state index contributed by atoms with van der Waals surface area (Å²) in [7, 11) is -3.88. The minimum Gasteiger partial charge on any atom is -0.378 e. The van der Waals surface area contributed by atoms with Gasteiger partial charge in [0.2, 0.25) is 0 Å². The van der Waals surface area contributed by atoms with Crippen molar-refractivity contribution in [1.82, 2.24) is 0 Å². The fourth-order valence-electron chi connectivity index (χ4n) is 2.04. The molecule has 23 heavy (non-hydrogen) atoms. The molecule has 0 unspecified atom stereocenters. The third-order valence-electron chi connectivity index (χ3n) is 3.09.